The Bertz CT molecular complexity index is 539. The molecular formula is C14H24N2O2S2. The molecule has 0 saturated heterocycles. The molecule has 1 aromatic rings. The van der Waals surface area contributed by atoms with Crippen LogP contribution < -0.4 is 5.32 Å². The van der Waals surface area contributed by atoms with Crippen LogP contribution in [0.3, 0.4) is 0 Å². The Morgan fingerprint density at radius 2 is 2.15 bits per heavy atom. The van der Waals surface area contributed by atoms with Crippen molar-refractivity contribution in [2.75, 3.05) is 26.7 Å². The van der Waals surface area contributed by atoms with Crippen LogP contribution in [0.15, 0.2) is 16.3 Å². The lowest BCUT2D eigenvalue weighted by Gasteiger charge is -2.15. The predicted molar refractivity (Wildman–Crippen MR) is 83.7 cm³/mol. The molecule has 0 aliphatic heterocycles. The van der Waals surface area contributed by atoms with Gasteiger partial charge in [-0.05, 0) is 49.9 Å². The van der Waals surface area contributed by atoms with Crippen molar-refractivity contribution in [3.05, 3.63) is 17.0 Å². The van der Waals surface area contributed by atoms with E-state index in [9.17, 15) is 8.42 Å². The first kappa shape index (κ1) is 15.9. The molecule has 1 N–H and O–H groups in total. The molecule has 2 atom stereocenters. The molecule has 0 aromatic carbocycles. The predicted octanol–water partition coefficient (Wildman–Crippen LogP) is 2.18. The molecule has 20 heavy (non-hydrogen) atoms. The highest BCUT2D eigenvalue weighted by molar-refractivity contribution is 7.91. The fraction of sp³-hybridized carbons (Fsp3) is 0.714. The first-order valence-corrected chi connectivity index (χ1v) is 9.46. The molecule has 1 aromatic heterocycles. The molecule has 1 aliphatic carbocycles. The third-order valence-electron chi connectivity index (χ3n) is 3.87. The van der Waals surface area contributed by atoms with E-state index in [1.54, 1.807) is 13.1 Å². The molecule has 1 saturated carbocycles. The van der Waals surface area contributed by atoms with E-state index in [1.807, 2.05) is 6.07 Å². The number of nitrogens with zero attached hydrogens (tertiary/aromatic N) is 1. The van der Waals surface area contributed by atoms with Crippen LogP contribution in [0.25, 0.3) is 0 Å². The highest BCUT2D eigenvalue weighted by Gasteiger charge is 2.36. The normalized spacial score (nSPS) is 22.4. The van der Waals surface area contributed by atoms with Gasteiger partial charge >= 0.3 is 0 Å². The highest BCUT2D eigenvalue weighted by Crippen LogP contribution is 2.39. The first-order chi connectivity index (χ1) is 9.45. The van der Waals surface area contributed by atoms with Crippen molar-refractivity contribution in [2.45, 2.75) is 30.9 Å². The summed E-state index contributed by atoms with van der Waals surface area (Å²) in [5, 5.41) is 3.25. The number of thiophene rings is 1. The van der Waals surface area contributed by atoms with Gasteiger partial charge in [0, 0.05) is 18.5 Å². The lowest BCUT2D eigenvalue weighted by atomic mass is 10.3. The molecule has 6 heteroatoms. The zero-order valence-corrected chi connectivity index (χ0v) is 14.1. The average Bonchev–Trinajstić information content (AvgIpc) is 2.91. The second kappa shape index (κ2) is 6.56. The average molecular weight is 316 g/mol. The molecule has 0 bridgehead atoms. The van der Waals surface area contributed by atoms with Gasteiger partial charge in [0.2, 0.25) is 0 Å². The van der Waals surface area contributed by atoms with Crippen LogP contribution in [-0.2, 0) is 16.4 Å². The minimum absolute atomic E-state index is 0.472. The Morgan fingerprint density at radius 1 is 1.45 bits per heavy atom. The summed E-state index contributed by atoms with van der Waals surface area (Å²) in [6.07, 6.45) is 2.04. The Hall–Kier alpha value is -0.430. The number of hydrogen-bond donors (Lipinski definition) is 1. The Kier molecular flexibility index (Phi) is 5.23. The Labute approximate surface area is 126 Å². The molecular weight excluding hydrogens is 292 g/mol. The largest absolute Gasteiger partial charge is 0.317 e. The fourth-order valence-corrected chi connectivity index (χ4v) is 5.05. The van der Waals surface area contributed by atoms with E-state index in [4.69, 9.17) is 0 Å². The van der Waals surface area contributed by atoms with Gasteiger partial charge in [0.15, 0.2) is 0 Å². The van der Waals surface area contributed by atoms with Crippen LogP contribution in [0, 0.1) is 11.8 Å². The quantitative estimate of drug-likeness (QED) is 0.748. The summed E-state index contributed by atoms with van der Waals surface area (Å²) < 4.78 is 26.9. The maximum atomic E-state index is 12.5. The van der Waals surface area contributed by atoms with Crippen LogP contribution in [0.5, 0.6) is 0 Å². The zero-order chi connectivity index (χ0) is 14.8. The molecule has 1 aliphatic rings. The van der Waals surface area contributed by atoms with E-state index in [1.165, 1.54) is 15.6 Å². The molecule has 1 heterocycles. The second-order valence-electron chi connectivity index (χ2n) is 5.58. The summed E-state index contributed by atoms with van der Waals surface area (Å²) in [6, 6.07) is 3.68. The van der Waals surface area contributed by atoms with Gasteiger partial charge < -0.3 is 5.32 Å². The molecule has 2 rings (SSSR count). The fourth-order valence-electron chi connectivity index (χ4n) is 2.26. The van der Waals surface area contributed by atoms with E-state index >= 15 is 0 Å². The van der Waals surface area contributed by atoms with Gasteiger partial charge in [-0.1, -0.05) is 13.8 Å². The van der Waals surface area contributed by atoms with Gasteiger partial charge in [-0.15, -0.1) is 11.3 Å². The van der Waals surface area contributed by atoms with Gasteiger partial charge in [-0.2, -0.15) is 4.31 Å². The number of sulfonamides is 1. The van der Waals surface area contributed by atoms with E-state index in [2.05, 4.69) is 19.2 Å². The van der Waals surface area contributed by atoms with E-state index in [0.29, 0.717) is 22.6 Å². The molecule has 114 valence electrons. The van der Waals surface area contributed by atoms with E-state index in [-0.39, 0.29) is 0 Å². The number of hydrogen-bond acceptors (Lipinski definition) is 4. The van der Waals surface area contributed by atoms with Crippen LogP contribution in [0.1, 0.15) is 25.1 Å². The first-order valence-electron chi connectivity index (χ1n) is 7.21. The standard InChI is InChI=1S/C14H24N2O2S2/c1-4-15-8-7-13-5-6-14(19-13)20(17,18)16(3)10-12-9-11(12)2/h5-6,11-12,15H,4,7-10H2,1-3H3. The van der Waals surface area contributed by atoms with Gasteiger partial charge in [0.05, 0.1) is 0 Å². The minimum Gasteiger partial charge on any atom is -0.317 e. The maximum absolute atomic E-state index is 12.5. The Balaban J connectivity index is 1.98. The van der Waals surface area contributed by atoms with Gasteiger partial charge in [-0.25, -0.2) is 8.42 Å². The third kappa shape index (κ3) is 3.81. The summed E-state index contributed by atoms with van der Waals surface area (Å²) in [4.78, 5) is 1.12. The zero-order valence-electron chi connectivity index (χ0n) is 12.4. The minimum atomic E-state index is -3.30. The summed E-state index contributed by atoms with van der Waals surface area (Å²) in [6.45, 7) is 6.73. The number of nitrogens with one attached hydrogen (secondary N) is 1. The summed E-state index contributed by atoms with van der Waals surface area (Å²) in [7, 11) is -1.60. The summed E-state index contributed by atoms with van der Waals surface area (Å²) in [5.41, 5.74) is 0. The van der Waals surface area contributed by atoms with Crippen molar-refractivity contribution in [3.8, 4) is 0 Å². The smallest absolute Gasteiger partial charge is 0.252 e. The van der Waals surface area contributed by atoms with E-state index < -0.39 is 10.0 Å². The van der Waals surface area contributed by atoms with Crippen LogP contribution in [0.2, 0.25) is 0 Å². The lowest BCUT2D eigenvalue weighted by molar-refractivity contribution is 0.446. The van der Waals surface area contributed by atoms with Crippen molar-refractivity contribution < 1.29 is 8.42 Å². The van der Waals surface area contributed by atoms with Gasteiger partial charge in [0.1, 0.15) is 4.21 Å². The molecule has 1 fully saturated rings. The molecule has 0 radical (unpaired) electrons. The topological polar surface area (TPSA) is 49.4 Å². The maximum Gasteiger partial charge on any atom is 0.252 e. The number of rotatable bonds is 8. The summed E-state index contributed by atoms with van der Waals surface area (Å²) in [5.74, 6) is 1.22. The van der Waals surface area contributed by atoms with Crippen LogP contribution >= 0.6 is 11.3 Å². The summed E-state index contributed by atoms with van der Waals surface area (Å²) >= 11 is 1.40. The third-order valence-corrected chi connectivity index (χ3v) is 7.30. The SMILES string of the molecule is CCNCCc1ccc(S(=O)(=O)N(C)CC2CC2C)s1. The highest BCUT2D eigenvalue weighted by atomic mass is 32.2. The molecule has 2 unspecified atom stereocenters. The van der Waals surface area contributed by atoms with Crippen molar-refractivity contribution in [1.82, 2.24) is 9.62 Å². The number of likely N-dealkylation sites (N-methyl/N-ethyl adjacent to an activating group) is 1. The van der Waals surface area contributed by atoms with Gasteiger partial charge in [0.25, 0.3) is 10.0 Å². The van der Waals surface area contributed by atoms with E-state index in [0.717, 1.165) is 30.8 Å². The van der Waals surface area contributed by atoms with Crippen molar-refractivity contribution in [3.63, 3.8) is 0 Å². The molecule has 4 nitrogen and oxygen atoms in total. The van der Waals surface area contributed by atoms with Crippen molar-refractivity contribution >= 4 is 21.4 Å². The van der Waals surface area contributed by atoms with Crippen LogP contribution in [-0.4, -0.2) is 39.4 Å². The van der Waals surface area contributed by atoms with Crippen molar-refractivity contribution in [1.29, 1.82) is 0 Å². The monoisotopic (exact) mass is 316 g/mol. The van der Waals surface area contributed by atoms with Crippen LogP contribution in [0.4, 0.5) is 0 Å². The van der Waals surface area contributed by atoms with Crippen molar-refractivity contribution in [2.24, 2.45) is 11.8 Å². The Morgan fingerprint density at radius 3 is 2.75 bits per heavy atom. The second-order valence-corrected chi connectivity index (χ2v) is 9.02. The molecule has 0 amide bonds. The van der Waals surface area contributed by atoms with Gasteiger partial charge in [-0.3, -0.25) is 0 Å². The lowest BCUT2D eigenvalue weighted by Crippen LogP contribution is -2.28. The molecule has 0 spiro atoms.